The van der Waals surface area contributed by atoms with Crippen LogP contribution in [-0.2, 0) is 14.9 Å². The summed E-state index contributed by atoms with van der Waals surface area (Å²) in [7, 11) is 0. The third-order valence-corrected chi connectivity index (χ3v) is 7.72. The van der Waals surface area contributed by atoms with Gasteiger partial charge >= 0.3 is 6.09 Å². The van der Waals surface area contributed by atoms with Gasteiger partial charge in [0.2, 0.25) is 5.91 Å². The molecule has 2 atom stereocenters. The number of carbonyl (C=O) groups is 3. The Kier molecular flexibility index (Phi) is 6.82. The monoisotopic (exact) mass is 570 g/mol. The maximum absolute atomic E-state index is 13.7. The van der Waals surface area contributed by atoms with Crippen molar-refractivity contribution >= 4 is 50.9 Å². The van der Waals surface area contributed by atoms with Crippen molar-refractivity contribution in [3.05, 3.63) is 52.0 Å². The van der Waals surface area contributed by atoms with Gasteiger partial charge in [0.25, 0.3) is 5.91 Å². The van der Waals surface area contributed by atoms with E-state index in [9.17, 15) is 14.4 Å². The molecule has 2 heterocycles. The minimum absolute atomic E-state index is 0.0207. The van der Waals surface area contributed by atoms with E-state index in [2.05, 4.69) is 27.8 Å². The summed E-state index contributed by atoms with van der Waals surface area (Å²) in [5.41, 5.74) is 7.63. The molecule has 2 N–H and O–H groups in total. The summed E-state index contributed by atoms with van der Waals surface area (Å²) in [6.07, 6.45) is -0.312. The molecule has 0 aliphatic carbocycles. The number of hydrogen-bond acceptors (Lipinski definition) is 5. The molecule has 0 aromatic heterocycles. The molecular formula is C28H35BrN4O4. The Balaban J connectivity index is 1.72. The van der Waals surface area contributed by atoms with Crippen molar-refractivity contribution in [3.8, 4) is 0 Å². The SMILES string of the molecule is C[C@@H]1CN(c2ccc3c(c2)N(c2cccc(Br)c2C(N)=O)C(=O)C3(C)C)[C@@H](C)CN1C(=O)OC(C)(C)C. The number of rotatable bonds is 3. The van der Waals surface area contributed by atoms with Gasteiger partial charge in [0, 0.05) is 35.3 Å². The number of anilines is 3. The number of piperazine rings is 1. The van der Waals surface area contributed by atoms with Gasteiger partial charge in [0.15, 0.2) is 0 Å². The maximum atomic E-state index is 13.7. The number of ether oxygens (including phenoxy) is 1. The number of halogens is 1. The third-order valence-electron chi connectivity index (χ3n) is 7.06. The minimum Gasteiger partial charge on any atom is -0.444 e. The summed E-state index contributed by atoms with van der Waals surface area (Å²) < 4.78 is 6.15. The van der Waals surface area contributed by atoms with Gasteiger partial charge in [0.05, 0.1) is 22.4 Å². The van der Waals surface area contributed by atoms with E-state index in [4.69, 9.17) is 10.5 Å². The lowest BCUT2D eigenvalue weighted by Crippen LogP contribution is -2.59. The fraction of sp³-hybridized carbons (Fsp3) is 0.464. The molecule has 1 saturated heterocycles. The first-order chi connectivity index (χ1) is 17.1. The lowest BCUT2D eigenvalue weighted by Gasteiger charge is -2.45. The second-order valence-corrected chi connectivity index (χ2v) is 12.3. The molecule has 9 heteroatoms. The highest BCUT2D eigenvalue weighted by Gasteiger charge is 2.46. The number of amides is 3. The summed E-state index contributed by atoms with van der Waals surface area (Å²) in [5.74, 6) is -0.741. The van der Waals surface area contributed by atoms with Crippen LogP contribution < -0.4 is 15.5 Å². The zero-order chi connectivity index (χ0) is 27.4. The molecule has 2 aromatic rings. The van der Waals surface area contributed by atoms with Crippen molar-refractivity contribution in [2.45, 2.75) is 71.6 Å². The summed E-state index contributed by atoms with van der Waals surface area (Å²) in [4.78, 5) is 44.5. The summed E-state index contributed by atoms with van der Waals surface area (Å²) in [6.45, 7) is 14.6. The minimum atomic E-state index is -0.778. The molecule has 4 rings (SSSR count). The number of carbonyl (C=O) groups excluding carboxylic acids is 3. The van der Waals surface area contributed by atoms with E-state index in [0.29, 0.717) is 23.2 Å². The van der Waals surface area contributed by atoms with Crippen LogP contribution in [0.5, 0.6) is 0 Å². The third kappa shape index (κ3) is 4.81. The molecule has 0 spiro atoms. The number of nitrogens with zero attached hydrogens (tertiary/aromatic N) is 3. The van der Waals surface area contributed by atoms with Crippen molar-refractivity contribution in [1.29, 1.82) is 0 Å². The van der Waals surface area contributed by atoms with Crippen molar-refractivity contribution in [1.82, 2.24) is 4.90 Å². The van der Waals surface area contributed by atoms with Crippen molar-refractivity contribution in [2.75, 3.05) is 22.9 Å². The van der Waals surface area contributed by atoms with Crippen LogP contribution in [0.3, 0.4) is 0 Å². The van der Waals surface area contributed by atoms with Crippen LogP contribution in [0.2, 0.25) is 0 Å². The predicted octanol–water partition coefficient (Wildman–Crippen LogP) is 5.34. The average molecular weight is 572 g/mol. The largest absolute Gasteiger partial charge is 0.444 e. The summed E-state index contributed by atoms with van der Waals surface area (Å²) in [6, 6.07) is 11.2. The van der Waals surface area contributed by atoms with Crippen LogP contribution in [0.4, 0.5) is 21.9 Å². The zero-order valence-electron chi connectivity index (χ0n) is 22.5. The van der Waals surface area contributed by atoms with Crippen molar-refractivity contribution in [3.63, 3.8) is 0 Å². The van der Waals surface area contributed by atoms with Crippen LogP contribution in [0.1, 0.15) is 64.4 Å². The second kappa shape index (κ2) is 9.35. The van der Waals surface area contributed by atoms with E-state index in [-0.39, 0.29) is 29.6 Å². The predicted molar refractivity (Wildman–Crippen MR) is 148 cm³/mol. The van der Waals surface area contributed by atoms with Crippen LogP contribution in [0, 0.1) is 0 Å². The lowest BCUT2D eigenvalue weighted by molar-refractivity contribution is -0.121. The Hall–Kier alpha value is -3.07. The Morgan fingerprint density at radius 3 is 2.35 bits per heavy atom. The smallest absolute Gasteiger partial charge is 0.410 e. The van der Waals surface area contributed by atoms with E-state index in [0.717, 1.165) is 16.9 Å². The van der Waals surface area contributed by atoms with Crippen LogP contribution in [-0.4, -0.2) is 53.6 Å². The number of benzene rings is 2. The van der Waals surface area contributed by atoms with Crippen molar-refractivity contribution in [2.24, 2.45) is 5.73 Å². The molecule has 0 saturated carbocycles. The average Bonchev–Trinajstić information content (AvgIpc) is 2.98. The molecule has 0 bridgehead atoms. The standard InChI is InChI=1S/C28H35BrN4O4/c1-16-15-32(26(36)37-27(3,4)5)17(2)14-31(16)18-11-12-19-22(13-18)33(25(35)28(19,6)7)21-10-8-9-20(29)23(21)24(30)34/h8-13,16-17H,14-15H2,1-7H3,(H2,30,34)/t16-,17+/m0/s1. The number of hydrogen-bond donors (Lipinski definition) is 1. The first-order valence-corrected chi connectivity index (χ1v) is 13.3. The number of fused-ring (bicyclic) bond motifs is 1. The molecule has 1 fully saturated rings. The van der Waals surface area contributed by atoms with Gasteiger partial charge in [-0.25, -0.2) is 4.79 Å². The van der Waals surface area contributed by atoms with Gasteiger partial charge < -0.3 is 20.3 Å². The molecule has 8 nitrogen and oxygen atoms in total. The first kappa shape index (κ1) is 27.0. The molecule has 2 aromatic carbocycles. The normalized spacial score (nSPS) is 21.2. The van der Waals surface area contributed by atoms with E-state index in [1.165, 1.54) is 0 Å². The number of primary amides is 1. The maximum Gasteiger partial charge on any atom is 0.410 e. The van der Waals surface area contributed by atoms with E-state index in [1.807, 2.05) is 59.7 Å². The van der Waals surface area contributed by atoms with E-state index < -0.39 is 16.9 Å². The molecule has 198 valence electrons. The molecule has 3 amide bonds. The highest BCUT2D eigenvalue weighted by atomic mass is 79.9. The Bertz CT molecular complexity index is 1270. The molecule has 37 heavy (non-hydrogen) atoms. The van der Waals surface area contributed by atoms with Gasteiger partial charge in [0.1, 0.15) is 5.60 Å². The summed E-state index contributed by atoms with van der Waals surface area (Å²) in [5, 5.41) is 0. The topological polar surface area (TPSA) is 96.2 Å². The quantitative estimate of drug-likeness (QED) is 0.537. The van der Waals surface area contributed by atoms with Gasteiger partial charge in [-0.05, 0) is 94.2 Å². The van der Waals surface area contributed by atoms with Crippen LogP contribution in [0.25, 0.3) is 0 Å². The van der Waals surface area contributed by atoms with Crippen LogP contribution in [0.15, 0.2) is 40.9 Å². The van der Waals surface area contributed by atoms with Gasteiger partial charge in [-0.1, -0.05) is 12.1 Å². The van der Waals surface area contributed by atoms with Gasteiger partial charge in [-0.15, -0.1) is 0 Å². The Morgan fingerprint density at radius 1 is 1.05 bits per heavy atom. The van der Waals surface area contributed by atoms with Crippen LogP contribution >= 0.6 is 15.9 Å². The molecule has 2 aliphatic heterocycles. The fourth-order valence-electron chi connectivity index (χ4n) is 5.16. The zero-order valence-corrected chi connectivity index (χ0v) is 24.0. The molecular weight excluding hydrogens is 536 g/mol. The highest BCUT2D eigenvalue weighted by Crippen LogP contribution is 2.48. The summed E-state index contributed by atoms with van der Waals surface area (Å²) >= 11 is 3.42. The second-order valence-electron chi connectivity index (χ2n) is 11.4. The van der Waals surface area contributed by atoms with Gasteiger partial charge in [-0.3, -0.25) is 14.5 Å². The lowest BCUT2D eigenvalue weighted by atomic mass is 9.86. The Morgan fingerprint density at radius 2 is 1.73 bits per heavy atom. The van der Waals surface area contributed by atoms with E-state index in [1.54, 1.807) is 28.0 Å². The molecule has 2 aliphatic rings. The van der Waals surface area contributed by atoms with E-state index >= 15 is 0 Å². The molecule has 0 radical (unpaired) electrons. The van der Waals surface area contributed by atoms with Crippen molar-refractivity contribution < 1.29 is 19.1 Å². The first-order valence-electron chi connectivity index (χ1n) is 12.5. The highest BCUT2D eigenvalue weighted by molar-refractivity contribution is 9.10. The fourth-order valence-corrected chi connectivity index (χ4v) is 5.71. The van der Waals surface area contributed by atoms with Gasteiger partial charge in [-0.2, -0.15) is 0 Å². The Labute approximate surface area is 226 Å². The molecule has 0 unspecified atom stereocenters. The number of nitrogens with two attached hydrogens (primary N) is 1.